The molecule has 0 aliphatic carbocycles. The molecule has 0 atom stereocenters. The highest BCUT2D eigenvalue weighted by molar-refractivity contribution is 7.18. The Labute approximate surface area is 166 Å². The molecule has 0 unspecified atom stereocenters. The molecule has 3 heterocycles. The molecule has 3 aromatic heterocycles. The number of hydrogen-bond donors (Lipinski definition) is 1. The number of nitrogens with zero attached hydrogens (tertiary/aromatic N) is 3. The Hall–Kier alpha value is -2.70. The Morgan fingerprint density at radius 3 is 2.78 bits per heavy atom. The summed E-state index contributed by atoms with van der Waals surface area (Å²) in [5.41, 5.74) is 1.71. The van der Waals surface area contributed by atoms with Crippen LogP contribution >= 0.6 is 22.9 Å². The number of aromatic nitrogens is 3. The molecule has 0 amide bonds. The van der Waals surface area contributed by atoms with E-state index in [1.165, 1.54) is 4.88 Å². The summed E-state index contributed by atoms with van der Waals surface area (Å²) in [6, 6.07) is 11.5. The zero-order valence-corrected chi connectivity index (χ0v) is 16.4. The van der Waals surface area contributed by atoms with Gasteiger partial charge in [0.05, 0.1) is 17.5 Å². The summed E-state index contributed by atoms with van der Waals surface area (Å²) in [4.78, 5) is 15.9. The van der Waals surface area contributed by atoms with Crippen molar-refractivity contribution in [3.63, 3.8) is 0 Å². The second-order valence-electron chi connectivity index (χ2n) is 5.90. The average molecular weight is 397 g/mol. The maximum Gasteiger partial charge on any atom is 0.164 e. The third-order valence-electron chi connectivity index (χ3n) is 4.13. The van der Waals surface area contributed by atoms with Crippen molar-refractivity contribution >= 4 is 44.7 Å². The lowest BCUT2D eigenvalue weighted by Crippen LogP contribution is -1.98. The molecule has 0 aliphatic heterocycles. The van der Waals surface area contributed by atoms with Crippen molar-refractivity contribution < 1.29 is 4.74 Å². The van der Waals surface area contributed by atoms with E-state index in [1.54, 1.807) is 30.8 Å². The number of nitrogens with one attached hydrogen (secondary N) is 1. The SMILES string of the molecule is CCc1cc2c(Nc3ccc(OC)c(Cl)c3)nc(-c3cccnc3)nc2s1. The molecule has 0 spiro atoms. The summed E-state index contributed by atoms with van der Waals surface area (Å²) < 4.78 is 5.22. The molecule has 0 saturated carbocycles. The van der Waals surface area contributed by atoms with Crippen LogP contribution in [0.2, 0.25) is 5.02 Å². The number of benzene rings is 1. The lowest BCUT2D eigenvalue weighted by atomic mass is 10.2. The second-order valence-corrected chi connectivity index (χ2v) is 7.42. The first-order valence-corrected chi connectivity index (χ1v) is 9.68. The smallest absolute Gasteiger partial charge is 0.164 e. The summed E-state index contributed by atoms with van der Waals surface area (Å²) in [5.74, 6) is 2.02. The molecular weight excluding hydrogens is 380 g/mol. The molecule has 27 heavy (non-hydrogen) atoms. The topological polar surface area (TPSA) is 59.9 Å². The van der Waals surface area contributed by atoms with E-state index in [1.807, 2.05) is 30.3 Å². The van der Waals surface area contributed by atoms with Gasteiger partial charge in [0.2, 0.25) is 0 Å². The van der Waals surface area contributed by atoms with Crippen molar-refractivity contribution in [3.05, 3.63) is 58.7 Å². The Morgan fingerprint density at radius 2 is 2.07 bits per heavy atom. The van der Waals surface area contributed by atoms with Crippen LogP contribution in [0.25, 0.3) is 21.6 Å². The van der Waals surface area contributed by atoms with E-state index in [4.69, 9.17) is 26.3 Å². The number of rotatable bonds is 5. The molecule has 0 bridgehead atoms. The van der Waals surface area contributed by atoms with Crippen LogP contribution in [0.3, 0.4) is 0 Å². The van der Waals surface area contributed by atoms with E-state index in [2.05, 4.69) is 23.3 Å². The minimum Gasteiger partial charge on any atom is -0.495 e. The Morgan fingerprint density at radius 1 is 1.19 bits per heavy atom. The number of methoxy groups -OCH3 is 1. The van der Waals surface area contributed by atoms with Gasteiger partial charge in [-0.05, 0) is 42.8 Å². The van der Waals surface area contributed by atoms with Crippen LogP contribution in [-0.4, -0.2) is 22.1 Å². The van der Waals surface area contributed by atoms with E-state index >= 15 is 0 Å². The zero-order chi connectivity index (χ0) is 18.8. The molecule has 5 nitrogen and oxygen atoms in total. The minimum atomic E-state index is 0.542. The van der Waals surface area contributed by atoms with Crippen LogP contribution in [0, 0.1) is 0 Å². The number of aryl methyl sites for hydroxylation is 1. The third-order valence-corrected chi connectivity index (χ3v) is 5.60. The molecule has 0 fully saturated rings. The summed E-state index contributed by atoms with van der Waals surface area (Å²) in [5, 5.41) is 4.92. The first-order chi connectivity index (χ1) is 13.2. The number of halogens is 1. The van der Waals surface area contributed by atoms with E-state index in [0.717, 1.165) is 33.7 Å². The van der Waals surface area contributed by atoms with Crippen LogP contribution in [0.4, 0.5) is 11.5 Å². The maximum absolute atomic E-state index is 6.26. The molecule has 4 rings (SSSR count). The predicted molar refractivity (Wildman–Crippen MR) is 111 cm³/mol. The largest absolute Gasteiger partial charge is 0.495 e. The summed E-state index contributed by atoms with van der Waals surface area (Å²) in [6.45, 7) is 2.14. The van der Waals surface area contributed by atoms with Crippen molar-refractivity contribution in [1.82, 2.24) is 15.0 Å². The summed E-state index contributed by atoms with van der Waals surface area (Å²) in [6.07, 6.45) is 4.46. The fraction of sp³-hybridized carbons (Fsp3) is 0.150. The normalized spacial score (nSPS) is 10.9. The van der Waals surface area contributed by atoms with E-state index < -0.39 is 0 Å². The quantitative estimate of drug-likeness (QED) is 0.467. The van der Waals surface area contributed by atoms with Crippen LogP contribution in [0.5, 0.6) is 5.75 Å². The number of fused-ring (bicyclic) bond motifs is 1. The second kappa shape index (κ2) is 7.50. The van der Waals surface area contributed by atoms with Gasteiger partial charge in [-0.1, -0.05) is 18.5 Å². The molecule has 0 saturated heterocycles. The third kappa shape index (κ3) is 3.59. The van der Waals surface area contributed by atoms with Gasteiger partial charge in [0.25, 0.3) is 0 Å². The molecular formula is C20H17ClN4OS. The fourth-order valence-electron chi connectivity index (χ4n) is 2.75. The molecule has 136 valence electrons. The van der Waals surface area contributed by atoms with Gasteiger partial charge >= 0.3 is 0 Å². The molecule has 0 aliphatic rings. The van der Waals surface area contributed by atoms with Gasteiger partial charge in [-0.25, -0.2) is 9.97 Å². The standard InChI is InChI=1S/C20H17ClN4OS/c1-3-14-10-15-19(23-13-6-7-17(26-2)16(21)9-13)24-18(25-20(15)27-14)12-5-4-8-22-11-12/h4-11H,3H2,1-2H3,(H,23,24,25). The van der Waals surface area contributed by atoms with Crippen molar-refractivity contribution in [3.8, 4) is 17.1 Å². The van der Waals surface area contributed by atoms with Gasteiger partial charge in [-0.3, -0.25) is 4.98 Å². The molecule has 0 radical (unpaired) electrons. The Bertz CT molecular complexity index is 1100. The van der Waals surface area contributed by atoms with Gasteiger partial charge in [0.15, 0.2) is 5.82 Å². The van der Waals surface area contributed by atoms with Crippen LogP contribution in [-0.2, 0) is 6.42 Å². The predicted octanol–water partition coefficient (Wildman–Crippen LogP) is 5.72. The molecule has 7 heteroatoms. The molecule has 1 aromatic carbocycles. The number of ether oxygens (including phenoxy) is 1. The highest BCUT2D eigenvalue weighted by Gasteiger charge is 2.14. The van der Waals surface area contributed by atoms with E-state index in [0.29, 0.717) is 16.6 Å². The van der Waals surface area contributed by atoms with E-state index in [-0.39, 0.29) is 0 Å². The summed E-state index contributed by atoms with van der Waals surface area (Å²) in [7, 11) is 1.60. The van der Waals surface area contributed by atoms with Crippen LogP contribution in [0.15, 0.2) is 48.8 Å². The van der Waals surface area contributed by atoms with Gasteiger partial charge in [-0.2, -0.15) is 0 Å². The zero-order valence-electron chi connectivity index (χ0n) is 14.9. The highest BCUT2D eigenvalue weighted by Crippen LogP contribution is 2.34. The van der Waals surface area contributed by atoms with Gasteiger partial charge in [0.1, 0.15) is 16.4 Å². The van der Waals surface area contributed by atoms with Gasteiger partial charge < -0.3 is 10.1 Å². The van der Waals surface area contributed by atoms with E-state index in [9.17, 15) is 0 Å². The number of thiophene rings is 1. The number of anilines is 2. The summed E-state index contributed by atoms with van der Waals surface area (Å²) >= 11 is 7.95. The van der Waals surface area contributed by atoms with Crippen molar-refractivity contribution in [2.45, 2.75) is 13.3 Å². The van der Waals surface area contributed by atoms with Crippen molar-refractivity contribution in [1.29, 1.82) is 0 Å². The lowest BCUT2D eigenvalue weighted by Gasteiger charge is -2.10. The molecule has 4 aromatic rings. The van der Waals surface area contributed by atoms with Crippen molar-refractivity contribution in [2.75, 3.05) is 12.4 Å². The Balaban J connectivity index is 1.82. The van der Waals surface area contributed by atoms with Crippen molar-refractivity contribution in [2.24, 2.45) is 0 Å². The fourth-order valence-corrected chi connectivity index (χ4v) is 3.97. The lowest BCUT2D eigenvalue weighted by molar-refractivity contribution is 0.415. The minimum absolute atomic E-state index is 0.542. The monoisotopic (exact) mass is 396 g/mol. The Kier molecular flexibility index (Phi) is 4.92. The first-order valence-electron chi connectivity index (χ1n) is 8.49. The number of hydrogen-bond acceptors (Lipinski definition) is 6. The van der Waals surface area contributed by atoms with Crippen LogP contribution < -0.4 is 10.1 Å². The van der Waals surface area contributed by atoms with Gasteiger partial charge in [0, 0.05) is 28.5 Å². The highest BCUT2D eigenvalue weighted by atomic mass is 35.5. The van der Waals surface area contributed by atoms with Crippen LogP contribution in [0.1, 0.15) is 11.8 Å². The average Bonchev–Trinajstić information content (AvgIpc) is 3.12. The first kappa shape index (κ1) is 17.7. The molecule has 1 N–H and O–H groups in total. The number of pyridine rings is 1. The maximum atomic E-state index is 6.26. The van der Waals surface area contributed by atoms with Gasteiger partial charge in [-0.15, -0.1) is 11.3 Å².